The summed E-state index contributed by atoms with van der Waals surface area (Å²) in [5.41, 5.74) is 1.69. The van der Waals surface area contributed by atoms with Crippen LogP contribution in [0.1, 0.15) is 11.3 Å². The van der Waals surface area contributed by atoms with Crippen molar-refractivity contribution in [3.05, 3.63) is 51.1 Å². The highest BCUT2D eigenvalue weighted by Crippen LogP contribution is 2.26. The molecule has 2 aromatic rings. The van der Waals surface area contributed by atoms with Gasteiger partial charge in [0.05, 0.1) is 9.92 Å². The summed E-state index contributed by atoms with van der Waals surface area (Å²) < 4.78 is 27.5. The molecule has 0 spiro atoms. The van der Waals surface area contributed by atoms with E-state index in [1.54, 1.807) is 6.07 Å². The smallest absolute Gasteiger partial charge is 0.263 e. The maximum atomic E-state index is 12.3. The minimum absolute atomic E-state index is 0.120. The zero-order chi connectivity index (χ0) is 14.9. The summed E-state index contributed by atoms with van der Waals surface area (Å²) in [7, 11) is -3.69. The van der Waals surface area contributed by atoms with Crippen LogP contribution in [0.2, 0.25) is 5.02 Å². The van der Waals surface area contributed by atoms with Gasteiger partial charge < -0.3 is 0 Å². The number of aryl methyl sites for hydroxylation is 2. The van der Waals surface area contributed by atoms with E-state index in [1.165, 1.54) is 18.2 Å². The van der Waals surface area contributed by atoms with E-state index in [0.717, 1.165) is 11.3 Å². The number of halogens is 2. The largest absolute Gasteiger partial charge is 0.263 e. The Bertz CT molecular complexity index is 743. The molecule has 1 aromatic heterocycles. The number of nitrogens with one attached hydrogen (secondary N) is 1. The lowest BCUT2D eigenvalue weighted by Gasteiger charge is -2.09. The average molecular weight is 376 g/mol. The molecule has 0 aliphatic heterocycles. The van der Waals surface area contributed by atoms with Crippen LogP contribution >= 0.6 is 27.5 Å². The van der Waals surface area contributed by atoms with Gasteiger partial charge in [0, 0.05) is 10.2 Å². The Morgan fingerprint density at radius 2 is 1.90 bits per heavy atom. The number of pyridine rings is 1. The highest BCUT2D eigenvalue weighted by Gasteiger charge is 2.16. The minimum atomic E-state index is -3.69. The zero-order valence-electron chi connectivity index (χ0n) is 10.8. The van der Waals surface area contributed by atoms with Gasteiger partial charge in [-0.1, -0.05) is 11.6 Å². The number of sulfonamides is 1. The standard InChI is InChI=1S/C13H12BrClN2O2S/c1-8-5-9(2)16-13(6-8)17-20(18,19)10-3-4-12(15)11(14)7-10/h3-7H,1-2H3,(H,16,17). The second kappa shape index (κ2) is 5.71. The maximum absolute atomic E-state index is 12.3. The Morgan fingerprint density at radius 3 is 2.50 bits per heavy atom. The van der Waals surface area contributed by atoms with Crippen molar-refractivity contribution in [3.8, 4) is 0 Å². The lowest BCUT2D eigenvalue weighted by atomic mass is 10.2. The molecule has 7 heteroatoms. The van der Waals surface area contributed by atoms with Gasteiger partial charge in [-0.2, -0.15) is 0 Å². The maximum Gasteiger partial charge on any atom is 0.263 e. The van der Waals surface area contributed by atoms with Crippen LogP contribution in [0.15, 0.2) is 39.7 Å². The molecule has 0 saturated heterocycles. The molecule has 0 unspecified atom stereocenters. The normalized spacial score (nSPS) is 11.4. The van der Waals surface area contributed by atoms with Gasteiger partial charge >= 0.3 is 0 Å². The van der Waals surface area contributed by atoms with Gasteiger partial charge in [0.1, 0.15) is 5.82 Å². The van der Waals surface area contributed by atoms with Crippen LogP contribution in [0.5, 0.6) is 0 Å². The summed E-state index contributed by atoms with van der Waals surface area (Å²) in [6.07, 6.45) is 0. The Morgan fingerprint density at radius 1 is 1.20 bits per heavy atom. The fourth-order valence-corrected chi connectivity index (χ4v) is 3.40. The molecule has 2 rings (SSSR count). The molecule has 0 amide bonds. The molecular formula is C13H12BrClN2O2S. The summed E-state index contributed by atoms with van der Waals surface area (Å²) in [5.74, 6) is 0.300. The van der Waals surface area contributed by atoms with Crippen LogP contribution in [0.4, 0.5) is 5.82 Å². The number of hydrogen-bond donors (Lipinski definition) is 1. The van der Waals surface area contributed by atoms with Crippen LogP contribution in [0, 0.1) is 13.8 Å². The van der Waals surface area contributed by atoms with Crippen molar-refractivity contribution in [3.63, 3.8) is 0 Å². The van der Waals surface area contributed by atoms with E-state index in [2.05, 4.69) is 25.6 Å². The van der Waals surface area contributed by atoms with Crippen molar-refractivity contribution >= 4 is 43.4 Å². The number of hydrogen-bond acceptors (Lipinski definition) is 3. The third kappa shape index (κ3) is 3.50. The van der Waals surface area contributed by atoms with Crippen LogP contribution in [-0.4, -0.2) is 13.4 Å². The summed E-state index contributed by atoms with van der Waals surface area (Å²) >= 11 is 9.07. The van der Waals surface area contributed by atoms with Crippen LogP contribution in [-0.2, 0) is 10.0 Å². The van der Waals surface area contributed by atoms with E-state index >= 15 is 0 Å². The molecular weight excluding hydrogens is 364 g/mol. The van der Waals surface area contributed by atoms with Crippen LogP contribution in [0.25, 0.3) is 0 Å². The van der Waals surface area contributed by atoms with Gasteiger partial charge in [0.2, 0.25) is 0 Å². The molecule has 106 valence electrons. The van der Waals surface area contributed by atoms with Crippen LogP contribution < -0.4 is 4.72 Å². The second-order valence-electron chi connectivity index (χ2n) is 4.35. The first kappa shape index (κ1) is 15.3. The van der Waals surface area contributed by atoms with Crippen molar-refractivity contribution in [2.75, 3.05) is 4.72 Å². The van der Waals surface area contributed by atoms with E-state index in [1.807, 2.05) is 19.9 Å². The van der Waals surface area contributed by atoms with Crippen molar-refractivity contribution in [1.29, 1.82) is 0 Å². The Kier molecular flexibility index (Phi) is 4.36. The van der Waals surface area contributed by atoms with Crippen molar-refractivity contribution < 1.29 is 8.42 Å². The topological polar surface area (TPSA) is 59.1 Å². The molecule has 0 radical (unpaired) electrons. The second-order valence-corrected chi connectivity index (χ2v) is 7.30. The molecule has 0 aliphatic rings. The average Bonchev–Trinajstić information content (AvgIpc) is 2.30. The van der Waals surface area contributed by atoms with Gasteiger partial charge in [0.15, 0.2) is 0 Å². The van der Waals surface area contributed by atoms with E-state index in [9.17, 15) is 8.42 Å². The van der Waals surface area contributed by atoms with Gasteiger partial charge in [0.25, 0.3) is 10.0 Å². The lowest BCUT2D eigenvalue weighted by molar-refractivity contribution is 0.601. The number of benzene rings is 1. The van der Waals surface area contributed by atoms with Gasteiger partial charge in [-0.15, -0.1) is 0 Å². The first-order chi connectivity index (χ1) is 9.28. The highest BCUT2D eigenvalue weighted by atomic mass is 79.9. The van der Waals surface area contributed by atoms with Crippen molar-refractivity contribution in [2.45, 2.75) is 18.7 Å². The van der Waals surface area contributed by atoms with Gasteiger partial charge in [-0.3, -0.25) is 4.72 Å². The molecule has 0 fully saturated rings. The molecule has 1 N–H and O–H groups in total. The highest BCUT2D eigenvalue weighted by molar-refractivity contribution is 9.10. The summed E-state index contributed by atoms with van der Waals surface area (Å²) in [6.45, 7) is 3.69. The monoisotopic (exact) mass is 374 g/mol. The Labute approximate surface area is 131 Å². The third-order valence-electron chi connectivity index (χ3n) is 2.54. The van der Waals surface area contributed by atoms with E-state index in [0.29, 0.717) is 15.3 Å². The molecule has 0 atom stereocenters. The SMILES string of the molecule is Cc1cc(C)nc(NS(=O)(=O)c2ccc(Cl)c(Br)c2)c1. The fraction of sp³-hybridized carbons (Fsp3) is 0.154. The number of nitrogens with zero attached hydrogens (tertiary/aromatic N) is 1. The summed E-state index contributed by atoms with van der Waals surface area (Å²) in [5, 5.41) is 0.452. The quantitative estimate of drug-likeness (QED) is 0.884. The van der Waals surface area contributed by atoms with Gasteiger partial charge in [-0.05, 0) is 65.7 Å². The van der Waals surface area contributed by atoms with E-state index in [4.69, 9.17) is 11.6 Å². The Hall–Kier alpha value is -1.11. The molecule has 0 saturated carbocycles. The molecule has 1 aromatic carbocycles. The molecule has 20 heavy (non-hydrogen) atoms. The number of anilines is 1. The molecule has 0 bridgehead atoms. The predicted molar refractivity (Wildman–Crippen MR) is 83.7 cm³/mol. The fourth-order valence-electron chi connectivity index (χ4n) is 1.73. The minimum Gasteiger partial charge on any atom is -0.263 e. The van der Waals surface area contributed by atoms with Crippen molar-refractivity contribution in [2.24, 2.45) is 0 Å². The van der Waals surface area contributed by atoms with E-state index < -0.39 is 10.0 Å². The lowest BCUT2D eigenvalue weighted by Crippen LogP contribution is -2.14. The molecule has 0 aliphatic carbocycles. The third-order valence-corrected chi connectivity index (χ3v) is 5.10. The molecule has 1 heterocycles. The Balaban J connectivity index is 2.37. The van der Waals surface area contributed by atoms with Gasteiger partial charge in [-0.25, -0.2) is 13.4 Å². The predicted octanol–water partition coefficient (Wildman–Crippen LogP) is 3.92. The van der Waals surface area contributed by atoms with Crippen molar-refractivity contribution in [1.82, 2.24) is 4.98 Å². The van der Waals surface area contributed by atoms with Crippen LogP contribution in [0.3, 0.4) is 0 Å². The molecule has 4 nitrogen and oxygen atoms in total. The number of rotatable bonds is 3. The summed E-state index contributed by atoms with van der Waals surface area (Å²) in [6, 6.07) is 7.96. The van der Waals surface area contributed by atoms with E-state index in [-0.39, 0.29) is 4.90 Å². The zero-order valence-corrected chi connectivity index (χ0v) is 14.0. The number of aromatic nitrogens is 1. The summed E-state index contributed by atoms with van der Waals surface area (Å²) in [4.78, 5) is 4.28. The first-order valence-electron chi connectivity index (χ1n) is 5.71. The first-order valence-corrected chi connectivity index (χ1v) is 8.36.